The summed E-state index contributed by atoms with van der Waals surface area (Å²) in [5, 5.41) is 5.44. The Morgan fingerprint density at radius 3 is 2.50 bits per heavy atom. The third-order valence-electron chi connectivity index (χ3n) is 2.39. The molecule has 1 aromatic heterocycles. The van der Waals surface area contributed by atoms with Gasteiger partial charge in [-0.3, -0.25) is 0 Å². The van der Waals surface area contributed by atoms with E-state index in [1.54, 1.807) is 19.1 Å². The Kier molecular flexibility index (Phi) is 3.43. The van der Waals surface area contributed by atoms with E-state index in [9.17, 15) is 4.79 Å². The number of hydrogen-bond acceptors (Lipinski definition) is 3. The molecule has 0 aliphatic carbocycles. The van der Waals surface area contributed by atoms with Crippen molar-refractivity contribution in [1.29, 1.82) is 0 Å². The lowest BCUT2D eigenvalue weighted by Gasteiger charge is -2.09. The second kappa shape index (κ2) is 5.18. The van der Waals surface area contributed by atoms with Gasteiger partial charge in [0.2, 0.25) is 0 Å². The SMILES string of the molecule is Cc1nc(N)ccc1NC(=O)Nc1ccccc1. The quantitative estimate of drug-likeness (QED) is 0.757. The van der Waals surface area contributed by atoms with Crippen molar-refractivity contribution < 1.29 is 4.79 Å². The van der Waals surface area contributed by atoms with E-state index in [2.05, 4.69) is 15.6 Å². The third-order valence-corrected chi connectivity index (χ3v) is 2.39. The molecular weight excluding hydrogens is 228 g/mol. The maximum absolute atomic E-state index is 11.7. The number of anilines is 3. The topological polar surface area (TPSA) is 80.0 Å². The monoisotopic (exact) mass is 242 g/mol. The minimum atomic E-state index is -0.309. The van der Waals surface area contributed by atoms with Crippen LogP contribution in [-0.4, -0.2) is 11.0 Å². The van der Waals surface area contributed by atoms with E-state index in [1.165, 1.54) is 0 Å². The summed E-state index contributed by atoms with van der Waals surface area (Å²) in [6, 6.07) is 12.3. The number of nitrogens with one attached hydrogen (secondary N) is 2. The fraction of sp³-hybridized carbons (Fsp3) is 0.0769. The van der Waals surface area contributed by atoms with Crippen LogP contribution in [0.15, 0.2) is 42.5 Å². The maximum atomic E-state index is 11.7. The van der Waals surface area contributed by atoms with Gasteiger partial charge in [0.25, 0.3) is 0 Å². The Balaban J connectivity index is 2.03. The lowest BCUT2D eigenvalue weighted by molar-refractivity contribution is 0.262. The highest BCUT2D eigenvalue weighted by atomic mass is 16.2. The maximum Gasteiger partial charge on any atom is 0.323 e. The zero-order chi connectivity index (χ0) is 13.0. The molecule has 0 unspecified atom stereocenters. The van der Waals surface area contributed by atoms with Gasteiger partial charge in [0.15, 0.2) is 0 Å². The number of carbonyl (C=O) groups excluding carboxylic acids is 1. The van der Waals surface area contributed by atoms with Crippen LogP contribution >= 0.6 is 0 Å². The molecule has 2 rings (SSSR count). The van der Waals surface area contributed by atoms with Crippen LogP contribution in [0.1, 0.15) is 5.69 Å². The van der Waals surface area contributed by atoms with Gasteiger partial charge in [0.05, 0.1) is 11.4 Å². The van der Waals surface area contributed by atoms with Crippen LogP contribution in [0.5, 0.6) is 0 Å². The minimum Gasteiger partial charge on any atom is -0.384 e. The average Bonchev–Trinajstić information content (AvgIpc) is 2.34. The molecule has 0 saturated heterocycles. The minimum absolute atomic E-state index is 0.309. The van der Waals surface area contributed by atoms with Crippen molar-refractivity contribution in [2.24, 2.45) is 0 Å². The highest BCUT2D eigenvalue weighted by molar-refractivity contribution is 6.00. The van der Waals surface area contributed by atoms with Gasteiger partial charge in [0, 0.05) is 5.69 Å². The van der Waals surface area contributed by atoms with Crippen LogP contribution < -0.4 is 16.4 Å². The van der Waals surface area contributed by atoms with Crippen molar-refractivity contribution >= 4 is 23.2 Å². The summed E-state index contributed by atoms with van der Waals surface area (Å²) in [5.74, 6) is 0.432. The average molecular weight is 242 g/mol. The number of para-hydroxylation sites is 1. The molecule has 0 spiro atoms. The number of nitrogens with two attached hydrogens (primary N) is 1. The molecule has 92 valence electrons. The number of urea groups is 1. The molecule has 1 heterocycles. The Morgan fingerprint density at radius 1 is 1.11 bits per heavy atom. The number of benzene rings is 1. The van der Waals surface area contributed by atoms with E-state index < -0.39 is 0 Å². The zero-order valence-corrected chi connectivity index (χ0v) is 9.97. The van der Waals surface area contributed by atoms with E-state index in [4.69, 9.17) is 5.73 Å². The van der Waals surface area contributed by atoms with Crippen LogP contribution in [0.25, 0.3) is 0 Å². The summed E-state index contributed by atoms with van der Waals surface area (Å²) in [5.41, 5.74) is 7.59. The van der Waals surface area contributed by atoms with E-state index >= 15 is 0 Å². The smallest absolute Gasteiger partial charge is 0.323 e. The second-order valence-corrected chi connectivity index (χ2v) is 3.81. The lowest BCUT2D eigenvalue weighted by atomic mass is 10.3. The number of aryl methyl sites for hydroxylation is 1. The second-order valence-electron chi connectivity index (χ2n) is 3.81. The molecule has 0 bridgehead atoms. The van der Waals surface area contributed by atoms with Crippen LogP contribution in [0, 0.1) is 6.92 Å². The van der Waals surface area contributed by atoms with E-state index in [-0.39, 0.29) is 6.03 Å². The predicted molar refractivity (Wildman–Crippen MR) is 72.5 cm³/mol. The molecule has 0 aliphatic heterocycles. The number of rotatable bonds is 2. The number of hydrogen-bond donors (Lipinski definition) is 3. The first-order valence-electron chi connectivity index (χ1n) is 5.51. The molecular formula is C13H14N4O. The molecule has 18 heavy (non-hydrogen) atoms. The van der Waals surface area contributed by atoms with Crippen molar-refractivity contribution in [2.75, 3.05) is 16.4 Å². The number of nitrogens with zero attached hydrogens (tertiary/aromatic N) is 1. The number of amides is 2. The molecule has 0 radical (unpaired) electrons. The van der Waals surface area contributed by atoms with Gasteiger partial charge >= 0.3 is 6.03 Å². The number of pyridine rings is 1. The summed E-state index contributed by atoms with van der Waals surface area (Å²) in [6.07, 6.45) is 0. The van der Waals surface area contributed by atoms with Crippen LogP contribution in [0.3, 0.4) is 0 Å². The van der Waals surface area contributed by atoms with Gasteiger partial charge in [-0.25, -0.2) is 9.78 Å². The standard InChI is InChI=1S/C13H14N4O/c1-9-11(7-8-12(14)15-9)17-13(18)16-10-5-3-2-4-6-10/h2-8H,1H3,(H2,14,15)(H2,16,17,18). The summed E-state index contributed by atoms with van der Waals surface area (Å²) < 4.78 is 0. The van der Waals surface area contributed by atoms with Crippen molar-refractivity contribution in [3.05, 3.63) is 48.2 Å². The third kappa shape index (κ3) is 2.98. The first kappa shape index (κ1) is 11.9. The molecule has 5 heteroatoms. The molecule has 5 nitrogen and oxygen atoms in total. The number of nitrogen functional groups attached to an aromatic ring is 1. The Labute approximate surface area is 105 Å². The van der Waals surface area contributed by atoms with Gasteiger partial charge < -0.3 is 16.4 Å². The highest BCUT2D eigenvalue weighted by Gasteiger charge is 2.05. The fourth-order valence-electron chi connectivity index (χ4n) is 1.52. The van der Waals surface area contributed by atoms with E-state index in [1.807, 2.05) is 30.3 Å². The molecule has 2 aromatic rings. The first-order valence-corrected chi connectivity index (χ1v) is 5.51. The van der Waals surface area contributed by atoms with Crippen molar-refractivity contribution in [3.63, 3.8) is 0 Å². The number of carbonyl (C=O) groups is 1. The lowest BCUT2D eigenvalue weighted by Crippen LogP contribution is -2.20. The van der Waals surface area contributed by atoms with Crippen molar-refractivity contribution in [1.82, 2.24) is 4.98 Å². The summed E-state index contributed by atoms with van der Waals surface area (Å²) in [4.78, 5) is 15.8. The number of aromatic nitrogens is 1. The predicted octanol–water partition coefficient (Wildman–Crippen LogP) is 2.62. The Bertz CT molecular complexity index is 554. The molecule has 2 amide bonds. The summed E-state index contributed by atoms with van der Waals surface area (Å²) >= 11 is 0. The molecule has 0 fully saturated rings. The normalized spacial score (nSPS) is 9.83. The van der Waals surface area contributed by atoms with Gasteiger partial charge in [-0.1, -0.05) is 18.2 Å². The van der Waals surface area contributed by atoms with Gasteiger partial charge in [-0.2, -0.15) is 0 Å². The zero-order valence-electron chi connectivity index (χ0n) is 9.97. The van der Waals surface area contributed by atoms with Crippen LogP contribution in [0.4, 0.5) is 22.0 Å². The van der Waals surface area contributed by atoms with Crippen LogP contribution in [0.2, 0.25) is 0 Å². The van der Waals surface area contributed by atoms with Gasteiger partial charge in [0.1, 0.15) is 5.82 Å². The Morgan fingerprint density at radius 2 is 1.83 bits per heavy atom. The highest BCUT2D eigenvalue weighted by Crippen LogP contribution is 2.14. The fourth-order valence-corrected chi connectivity index (χ4v) is 1.52. The molecule has 1 aromatic carbocycles. The Hall–Kier alpha value is -2.56. The summed E-state index contributed by atoms with van der Waals surface area (Å²) in [6.45, 7) is 1.79. The first-order chi connectivity index (χ1) is 8.65. The van der Waals surface area contributed by atoms with Gasteiger partial charge in [-0.15, -0.1) is 0 Å². The molecule has 4 N–H and O–H groups in total. The summed E-state index contributed by atoms with van der Waals surface area (Å²) in [7, 11) is 0. The van der Waals surface area contributed by atoms with E-state index in [0.717, 1.165) is 5.69 Å². The van der Waals surface area contributed by atoms with E-state index in [0.29, 0.717) is 17.2 Å². The molecule has 0 saturated carbocycles. The van der Waals surface area contributed by atoms with Crippen molar-refractivity contribution in [2.45, 2.75) is 6.92 Å². The largest absolute Gasteiger partial charge is 0.384 e. The molecule has 0 atom stereocenters. The molecule has 0 aliphatic rings. The van der Waals surface area contributed by atoms with Gasteiger partial charge in [-0.05, 0) is 31.2 Å². The van der Waals surface area contributed by atoms with Crippen LogP contribution in [-0.2, 0) is 0 Å². The van der Waals surface area contributed by atoms with Crippen molar-refractivity contribution in [3.8, 4) is 0 Å².